The van der Waals surface area contributed by atoms with Crippen LogP contribution in [0.4, 0.5) is 0 Å². The molecule has 1 aromatic heterocycles. The lowest BCUT2D eigenvalue weighted by atomic mass is 10.1. The van der Waals surface area contributed by atoms with Crippen molar-refractivity contribution in [3.63, 3.8) is 0 Å². The van der Waals surface area contributed by atoms with Crippen molar-refractivity contribution in [3.05, 3.63) is 22.4 Å². The number of nitrogens with zero attached hydrogens (tertiary/aromatic N) is 2. The highest BCUT2D eigenvalue weighted by atomic mass is 32.1. The van der Waals surface area contributed by atoms with E-state index in [0.29, 0.717) is 0 Å². The van der Waals surface area contributed by atoms with Gasteiger partial charge in [0.25, 0.3) is 5.78 Å². The van der Waals surface area contributed by atoms with Gasteiger partial charge in [0, 0.05) is 0 Å². The summed E-state index contributed by atoms with van der Waals surface area (Å²) >= 11 is 1.41. The van der Waals surface area contributed by atoms with E-state index in [1.54, 1.807) is 6.07 Å². The summed E-state index contributed by atoms with van der Waals surface area (Å²) < 4.78 is 0. The monoisotopic (exact) mass is 236 g/mol. The Bertz CT molecular complexity index is 469. The second-order valence-corrected chi connectivity index (χ2v) is 5.49. The fraction of sp³-hybridized carbons (Fsp3) is 0.364. The van der Waals surface area contributed by atoms with Crippen LogP contribution in [-0.2, 0) is 9.59 Å². The Labute approximate surface area is 97.6 Å². The Morgan fingerprint density at radius 3 is 2.44 bits per heavy atom. The Hall–Kier alpha value is -1.49. The van der Waals surface area contributed by atoms with Crippen molar-refractivity contribution in [2.24, 2.45) is 5.10 Å². The molecule has 1 amide bonds. The second-order valence-electron chi connectivity index (χ2n) is 4.54. The lowest BCUT2D eigenvalue weighted by Gasteiger charge is -2.26. The maximum absolute atomic E-state index is 11.7. The first kappa shape index (κ1) is 11.0. The summed E-state index contributed by atoms with van der Waals surface area (Å²) in [4.78, 5) is 24.2. The minimum atomic E-state index is -0.545. The Kier molecular flexibility index (Phi) is 2.42. The smallest absolute Gasteiger partial charge is 0.281 e. The van der Waals surface area contributed by atoms with Crippen LogP contribution in [0.15, 0.2) is 22.6 Å². The number of ketones is 1. The Morgan fingerprint density at radius 2 is 2.00 bits per heavy atom. The quantitative estimate of drug-likeness (QED) is 0.696. The summed E-state index contributed by atoms with van der Waals surface area (Å²) in [5, 5.41) is 7.24. The first-order chi connectivity index (χ1) is 7.41. The molecule has 0 spiro atoms. The molecule has 2 heterocycles. The molecule has 0 saturated carbocycles. The molecule has 0 radical (unpaired) electrons. The molecular weight excluding hydrogens is 224 g/mol. The number of hydrogen-bond donors (Lipinski definition) is 0. The molecule has 1 aromatic rings. The number of rotatable bonds is 1. The van der Waals surface area contributed by atoms with Gasteiger partial charge in [0.2, 0.25) is 0 Å². The maximum Gasteiger partial charge on any atom is 0.317 e. The van der Waals surface area contributed by atoms with Gasteiger partial charge in [-0.1, -0.05) is 6.07 Å². The summed E-state index contributed by atoms with van der Waals surface area (Å²) in [6.45, 7) is 5.54. The fourth-order valence-electron chi connectivity index (χ4n) is 1.42. The van der Waals surface area contributed by atoms with Crippen LogP contribution in [0.25, 0.3) is 0 Å². The van der Waals surface area contributed by atoms with Gasteiger partial charge in [-0.25, -0.2) is 5.01 Å². The summed E-state index contributed by atoms with van der Waals surface area (Å²) in [5.74, 6) is -1.06. The maximum atomic E-state index is 11.7. The summed E-state index contributed by atoms with van der Waals surface area (Å²) in [5.41, 5.74) is -0.207. The molecule has 16 heavy (non-hydrogen) atoms. The zero-order valence-corrected chi connectivity index (χ0v) is 10.2. The number of Topliss-reactive ketones (excluding diaryl/α,β-unsaturated/α-hetero) is 1. The van der Waals surface area contributed by atoms with Crippen molar-refractivity contribution >= 4 is 28.7 Å². The third kappa shape index (κ3) is 1.67. The predicted octanol–water partition coefficient (Wildman–Crippen LogP) is 1.66. The predicted molar refractivity (Wildman–Crippen MR) is 62.5 cm³/mol. The zero-order chi connectivity index (χ0) is 11.9. The van der Waals surface area contributed by atoms with E-state index in [2.05, 4.69) is 5.10 Å². The van der Waals surface area contributed by atoms with Crippen molar-refractivity contribution in [2.75, 3.05) is 0 Å². The van der Waals surface area contributed by atoms with Crippen LogP contribution in [0.3, 0.4) is 0 Å². The van der Waals surface area contributed by atoms with Crippen molar-refractivity contribution < 1.29 is 9.59 Å². The van der Waals surface area contributed by atoms with Crippen molar-refractivity contribution in [2.45, 2.75) is 26.3 Å². The van der Waals surface area contributed by atoms with Crippen molar-refractivity contribution in [1.29, 1.82) is 0 Å². The number of hydrazone groups is 1. The molecule has 0 bridgehead atoms. The van der Waals surface area contributed by atoms with Crippen LogP contribution >= 0.6 is 11.3 Å². The molecule has 0 atom stereocenters. The van der Waals surface area contributed by atoms with Crippen LogP contribution < -0.4 is 0 Å². The molecule has 0 saturated heterocycles. The van der Waals surface area contributed by atoms with E-state index < -0.39 is 17.2 Å². The molecule has 1 aliphatic rings. The molecule has 2 rings (SSSR count). The first-order valence-electron chi connectivity index (χ1n) is 4.92. The van der Waals surface area contributed by atoms with Crippen LogP contribution in [0, 0.1) is 0 Å². The van der Waals surface area contributed by atoms with Gasteiger partial charge in [-0.15, -0.1) is 11.3 Å². The lowest BCUT2D eigenvalue weighted by Crippen LogP contribution is -2.41. The van der Waals surface area contributed by atoms with E-state index in [-0.39, 0.29) is 5.71 Å². The lowest BCUT2D eigenvalue weighted by molar-refractivity contribution is -0.142. The summed E-state index contributed by atoms with van der Waals surface area (Å²) in [6, 6.07) is 3.63. The number of thiophene rings is 1. The normalized spacial score (nSPS) is 16.9. The minimum Gasteiger partial charge on any atom is -0.281 e. The number of hydrogen-bond acceptors (Lipinski definition) is 4. The third-order valence-electron chi connectivity index (χ3n) is 2.19. The van der Waals surface area contributed by atoms with Gasteiger partial charge in [-0.05, 0) is 32.2 Å². The van der Waals surface area contributed by atoms with Gasteiger partial charge < -0.3 is 0 Å². The highest BCUT2D eigenvalue weighted by Crippen LogP contribution is 2.23. The van der Waals surface area contributed by atoms with Crippen LogP contribution in [0.5, 0.6) is 0 Å². The van der Waals surface area contributed by atoms with Gasteiger partial charge in [-0.3, -0.25) is 9.59 Å². The molecule has 0 N–H and O–H groups in total. The van der Waals surface area contributed by atoms with E-state index >= 15 is 0 Å². The number of amides is 1. The van der Waals surface area contributed by atoms with Crippen LogP contribution in [0.2, 0.25) is 0 Å². The van der Waals surface area contributed by atoms with E-state index in [4.69, 9.17) is 0 Å². The molecule has 84 valence electrons. The van der Waals surface area contributed by atoms with Gasteiger partial charge in [0.15, 0.2) is 5.71 Å². The van der Waals surface area contributed by atoms with Gasteiger partial charge in [0.05, 0.1) is 10.4 Å². The summed E-state index contributed by atoms with van der Waals surface area (Å²) in [7, 11) is 0. The molecule has 0 aliphatic carbocycles. The van der Waals surface area contributed by atoms with Crippen molar-refractivity contribution in [3.8, 4) is 0 Å². The van der Waals surface area contributed by atoms with Crippen LogP contribution in [-0.4, -0.2) is 27.9 Å². The number of carbonyl (C=O) groups excluding carboxylic acids is 2. The summed E-state index contributed by atoms with van der Waals surface area (Å²) in [6.07, 6.45) is 0. The fourth-order valence-corrected chi connectivity index (χ4v) is 2.12. The zero-order valence-electron chi connectivity index (χ0n) is 9.35. The third-order valence-corrected chi connectivity index (χ3v) is 3.07. The molecule has 4 nitrogen and oxygen atoms in total. The average molecular weight is 236 g/mol. The second kappa shape index (κ2) is 3.52. The largest absolute Gasteiger partial charge is 0.317 e. The molecule has 5 heteroatoms. The van der Waals surface area contributed by atoms with Crippen molar-refractivity contribution in [1.82, 2.24) is 5.01 Å². The van der Waals surface area contributed by atoms with E-state index in [0.717, 1.165) is 4.88 Å². The topological polar surface area (TPSA) is 49.7 Å². The van der Waals surface area contributed by atoms with E-state index in [1.807, 2.05) is 32.2 Å². The van der Waals surface area contributed by atoms with E-state index in [1.165, 1.54) is 16.3 Å². The highest BCUT2D eigenvalue weighted by Gasteiger charge is 2.40. The Morgan fingerprint density at radius 1 is 1.31 bits per heavy atom. The Balaban J connectivity index is 2.42. The van der Waals surface area contributed by atoms with Gasteiger partial charge in [-0.2, -0.15) is 5.10 Å². The number of carbonyl (C=O) groups is 2. The molecule has 0 unspecified atom stereocenters. The highest BCUT2D eigenvalue weighted by molar-refractivity contribution is 7.13. The van der Waals surface area contributed by atoms with E-state index in [9.17, 15) is 9.59 Å². The molecular formula is C11H12N2O2S. The first-order valence-corrected chi connectivity index (χ1v) is 5.80. The molecule has 0 fully saturated rings. The SMILES string of the molecule is CC(C)(C)N1N=C(c2cccs2)C(=O)C1=O. The molecule has 1 aliphatic heterocycles. The standard InChI is InChI=1S/C11H12N2O2S/c1-11(2,3)13-10(15)9(14)8(12-13)7-5-4-6-16-7/h4-6H,1-3H3. The van der Waals surface area contributed by atoms with Gasteiger partial charge >= 0.3 is 5.91 Å². The van der Waals surface area contributed by atoms with Gasteiger partial charge in [0.1, 0.15) is 0 Å². The minimum absolute atomic E-state index is 0.259. The van der Waals surface area contributed by atoms with Crippen LogP contribution in [0.1, 0.15) is 25.6 Å². The molecule has 0 aromatic carbocycles. The average Bonchev–Trinajstić information content (AvgIpc) is 2.75.